The van der Waals surface area contributed by atoms with Gasteiger partial charge in [-0.1, -0.05) is 0 Å². The van der Waals surface area contributed by atoms with E-state index < -0.39 is 0 Å². The Morgan fingerprint density at radius 3 is 2.92 bits per heavy atom. The average Bonchev–Trinajstić information content (AvgIpc) is 3.23. The Balaban J connectivity index is 1.71. The number of carbonyl (C=O) groups is 1. The first-order valence-electron chi connectivity index (χ1n) is 8.55. The molecule has 6 heteroatoms. The molecule has 0 aliphatic carbocycles. The highest BCUT2D eigenvalue weighted by Crippen LogP contribution is 2.33. The summed E-state index contributed by atoms with van der Waals surface area (Å²) < 4.78 is 0.991. The molecule has 0 aliphatic rings. The Labute approximate surface area is 155 Å². The molecule has 0 spiro atoms. The summed E-state index contributed by atoms with van der Waals surface area (Å²) in [5, 5.41) is 4.65. The molecule has 4 rings (SSSR count). The second-order valence-electron chi connectivity index (χ2n) is 6.38. The number of fused-ring (bicyclic) bond motifs is 2. The molecule has 0 bridgehead atoms. The van der Waals surface area contributed by atoms with E-state index in [1.165, 1.54) is 16.7 Å². The molecule has 0 atom stereocenters. The minimum Gasteiger partial charge on any atom is -0.359 e. The first-order chi connectivity index (χ1) is 12.5. The molecule has 1 aromatic carbocycles. The fourth-order valence-electron chi connectivity index (χ4n) is 2.98. The fraction of sp³-hybridized carbons (Fsp3) is 0.200. The first kappa shape index (κ1) is 16.6. The van der Waals surface area contributed by atoms with Crippen molar-refractivity contribution in [1.82, 2.24) is 14.9 Å². The number of H-pyrrole nitrogens is 1. The zero-order valence-electron chi connectivity index (χ0n) is 15.0. The van der Waals surface area contributed by atoms with Crippen LogP contribution in [0.3, 0.4) is 0 Å². The smallest absolute Gasteiger partial charge is 0.263 e. The van der Waals surface area contributed by atoms with Crippen LogP contribution in [0.15, 0.2) is 42.6 Å². The van der Waals surface area contributed by atoms with Gasteiger partial charge in [0.1, 0.15) is 0 Å². The second kappa shape index (κ2) is 6.46. The van der Waals surface area contributed by atoms with Gasteiger partial charge in [0.05, 0.1) is 20.8 Å². The minimum atomic E-state index is 0.0330. The Morgan fingerprint density at radius 2 is 2.12 bits per heavy atom. The van der Waals surface area contributed by atoms with Gasteiger partial charge in [-0.3, -0.25) is 9.78 Å². The third-order valence-corrected chi connectivity index (χ3v) is 5.62. The third kappa shape index (κ3) is 2.93. The number of aromatic amines is 1. The molecular formula is C20H20N4OS. The molecule has 0 fully saturated rings. The molecule has 4 aromatic rings. The lowest BCUT2D eigenvalue weighted by molar-refractivity contribution is 0.0807. The highest BCUT2D eigenvalue weighted by Gasteiger charge is 2.16. The maximum atomic E-state index is 12.4. The quantitative estimate of drug-likeness (QED) is 0.540. The van der Waals surface area contributed by atoms with Crippen LogP contribution in [0.2, 0.25) is 0 Å². The molecule has 0 saturated heterocycles. The van der Waals surface area contributed by atoms with Crippen LogP contribution in [-0.2, 0) is 0 Å². The lowest BCUT2D eigenvalue weighted by Gasteiger charge is -2.12. The molecule has 26 heavy (non-hydrogen) atoms. The number of aromatic nitrogens is 2. The second-order valence-corrected chi connectivity index (χ2v) is 7.43. The van der Waals surface area contributed by atoms with Crippen LogP contribution in [0.1, 0.15) is 22.3 Å². The van der Waals surface area contributed by atoms with Crippen molar-refractivity contribution in [2.75, 3.05) is 18.9 Å². The van der Waals surface area contributed by atoms with E-state index in [1.807, 2.05) is 26.1 Å². The van der Waals surface area contributed by atoms with E-state index >= 15 is 0 Å². The van der Waals surface area contributed by atoms with Crippen molar-refractivity contribution in [2.24, 2.45) is 0 Å². The van der Waals surface area contributed by atoms with Crippen molar-refractivity contribution < 1.29 is 4.79 Å². The zero-order valence-corrected chi connectivity index (χ0v) is 15.8. The number of hydrogen-bond acceptors (Lipinski definition) is 4. The summed E-state index contributed by atoms with van der Waals surface area (Å²) in [6.07, 6.45) is 1.77. The molecule has 132 valence electrons. The fourth-order valence-corrected chi connectivity index (χ4v) is 4.06. The first-order valence-corrected chi connectivity index (χ1v) is 9.37. The maximum absolute atomic E-state index is 12.4. The maximum Gasteiger partial charge on any atom is 0.263 e. The van der Waals surface area contributed by atoms with Crippen LogP contribution >= 0.6 is 11.3 Å². The number of aryl methyl sites for hydroxylation is 1. The van der Waals surface area contributed by atoms with Gasteiger partial charge in [-0.25, -0.2) is 0 Å². The molecular weight excluding hydrogens is 344 g/mol. The van der Waals surface area contributed by atoms with E-state index in [1.54, 1.807) is 11.1 Å². The molecule has 3 heterocycles. The molecule has 0 saturated carbocycles. The highest BCUT2D eigenvalue weighted by atomic mass is 32.1. The highest BCUT2D eigenvalue weighted by molar-refractivity contribution is 7.21. The Bertz CT molecular complexity index is 1110. The van der Waals surface area contributed by atoms with Gasteiger partial charge in [-0.05, 0) is 50.2 Å². The summed E-state index contributed by atoms with van der Waals surface area (Å²) in [5.74, 6) is 0.0330. The molecule has 0 unspecified atom stereocenters. The number of pyridine rings is 1. The van der Waals surface area contributed by atoms with Crippen LogP contribution < -0.4 is 5.32 Å². The topological polar surface area (TPSA) is 61.0 Å². The molecule has 3 aromatic heterocycles. The van der Waals surface area contributed by atoms with Gasteiger partial charge in [-0.2, -0.15) is 0 Å². The van der Waals surface area contributed by atoms with Gasteiger partial charge in [0.25, 0.3) is 5.91 Å². The number of nitrogens with zero attached hydrogens (tertiary/aromatic N) is 2. The van der Waals surface area contributed by atoms with Crippen LogP contribution in [0.5, 0.6) is 0 Å². The van der Waals surface area contributed by atoms with E-state index in [-0.39, 0.29) is 5.91 Å². The Kier molecular flexibility index (Phi) is 4.12. The number of carbonyl (C=O) groups excluding carboxylic acids is 1. The van der Waals surface area contributed by atoms with Crippen molar-refractivity contribution in [1.29, 1.82) is 0 Å². The number of hydrogen-bond donors (Lipinski definition) is 2. The zero-order chi connectivity index (χ0) is 18.3. The third-order valence-electron chi connectivity index (χ3n) is 4.48. The Morgan fingerprint density at radius 1 is 1.27 bits per heavy atom. The van der Waals surface area contributed by atoms with Gasteiger partial charge >= 0.3 is 0 Å². The average molecular weight is 364 g/mol. The van der Waals surface area contributed by atoms with Crippen LogP contribution in [0, 0.1) is 6.92 Å². The standard InChI is InChI=1S/C20H20N4OS/c1-4-24(3)20(25)18-11-17-19(26-18)16(7-8-21-17)23-14-5-6-15-13(10-14)9-12(2)22-15/h5-11,22H,4H2,1-3H3,(H,21,23). The van der Waals surface area contributed by atoms with Gasteiger partial charge in [0, 0.05) is 42.1 Å². The summed E-state index contributed by atoms with van der Waals surface area (Å²) in [4.78, 5) is 22.6. The number of amides is 1. The van der Waals surface area contributed by atoms with Gasteiger partial charge < -0.3 is 15.2 Å². The molecule has 0 radical (unpaired) electrons. The lowest BCUT2D eigenvalue weighted by Crippen LogP contribution is -2.25. The number of benzene rings is 1. The number of anilines is 2. The number of nitrogens with one attached hydrogen (secondary N) is 2. The molecule has 5 nitrogen and oxygen atoms in total. The molecule has 0 aliphatic heterocycles. The summed E-state index contributed by atoms with van der Waals surface area (Å²) in [5.41, 5.74) is 5.08. The number of rotatable bonds is 4. The summed E-state index contributed by atoms with van der Waals surface area (Å²) in [6, 6.07) is 12.2. The predicted molar refractivity (Wildman–Crippen MR) is 109 cm³/mol. The van der Waals surface area contributed by atoms with E-state index in [0.29, 0.717) is 11.4 Å². The van der Waals surface area contributed by atoms with Crippen LogP contribution in [-0.4, -0.2) is 34.4 Å². The van der Waals surface area contributed by atoms with E-state index in [2.05, 4.69) is 46.5 Å². The van der Waals surface area contributed by atoms with Crippen molar-refractivity contribution >= 4 is 49.7 Å². The van der Waals surface area contributed by atoms with Gasteiger partial charge in [0.2, 0.25) is 0 Å². The van der Waals surface area contributed by atoms with Crippen molar-refractivity contribution in [3.63, 3.8) is 0 Å². The van der Waals surface area contributed by atoms with Gasteiger partial charge in [0.15, 0.2) is 0 Å². The van der Waals surface area contributed by atoms with Crippen molar-refractivity contribution in [3.8, 4) is 0 Å². The summed E-state index contributed by atoms with van der Waals surface area (Å²) >= 11 is 1.48. The van der Waals surface area contributed by atoms with Crippen molar-refractivity contribution in [2.45, 2.75) is 13.8 Å². The van der Waals surface area contributed by atoms with E-state index in [0.717, 1.165) is 32.8 Å². The largest absolute Gasteiger partial charge is 0.359 e. The number of thiophene rings is 1. The van der Waals surface area contributed by atoms with Crippen LogP contribution in [0.25, 0.3) is 21.1 Å². The summed E-state index contributed by atoms with van der Waals surface area (Å²) in [6.45, 7) is 4.70. The molecule has 1 amide bonds. The van der Waals surface area contributed by atoms with E-state index in [4.69, 9.17) is 0 Å². The van der Waals surface area contributed by atoms with E-state index in [9.17, 15) is 4.79 Å². The monoisotopic (exact) mass is 364 g/mol. The normalized spacial score (nSPS) is 11.2. The SMILES string of the molecule is CCN(C)C(=O)c1cc2nccc(Nc3ccc4[nH]c(C)cc4c3)c2s1. The molecule has 2 N–H and O–H groups in total. The minimum absolute atomic E-state index is 0.0330. The Hall–Kier alpha value is -2.86. The lowest BCUT2D eigenvalue weighted by atomic mass is 10.2. The van der Waals surface area contributed by atoms with Crippen molar-refractivity contribution in [3.05, 3.63) is 53.2 Å². The van der Waals surface area contributed by atoms with Crippen LogP contribution in [0.4, 0.5) is 11.4 Å². The predicted octanol–water partition coefficient (Wildman–Crippen LogP) is 4.92. The summed E-state index contributed by atoms with van der Waals surface area (Å²) in [7, 11) is 1.81. The van der Waals surface area contributed by atoms with Gasteiger partial charge in [-0.15, -0.1) is 11.3 Å².